The van der Waals surface area contributed by atoms with Crippen molar-refractivity contribution >= 4 is 11.9 Å². The minimum Gasteiger partial charge on any atom is -0.496 e. The number of carbonyl (C=O) groups excluding carboxylic acids is 1. The number of hydrogen-bond donors (Lipinski definition) is 1. The van der Waals surface area contributed by atoms with Crippen LogP contribution >= 0.6 is 0 Å². The summed E-state index contributed by atoms with van der Waals surface area (Å²) in [6.07, 6.45) is 0. The molecule has 1 N–H and O–H groups in total. The highest BCUT2D eigenvalue weighted by atomic mass is 16.5. The van der Waals surface area contributed by atoms with Gasteiger partial charge in [-0.2, -0.15) is 0 Å². The van der Waals surface area contributed by atoms with E-state index < -0.39 is 11.6 Å². The van der Waals surface area contributed by atoms with Gasteiger partial charge in [0.2, 0.25) is 0 Å². The van der Waals surface area contributed by atoms with Gasteiger partial charge in [0.15, 0.2) is 0 Å². The Morgan fingerprint density at radius 1 is 1.35 bits per heavy atom. The fourth-order valence-corrected chi connectivity index (χ4v) is 2.22. The molecule has 6 nitrogen and oxygen atoms in total. The van der Waals surface area contributed by atoms with E-state index in [0.29, 0.717) is 24.4 Å². The lowest BCUT2D eigenvalue weighted by Gasteiger charge is -2.47. The van der Waals surface area contributed by atoms with Crippen LogP contribution in [0.1, 0.15) is 17.3 Å². The number of ether oxygens (including phenoxy) is 2. The van der Waals surface area contributed by atoms with E-state index in [2.05, 4.69) is 0 Å². The summed E-state index contributed by atoms with van der Waals surface area (Å²) in [7, 11) is 1.52. The Morgan fingerprint density at radius 2 is 2.00 bits per heavy atom. The van der Waals surface area contributed by atoms with Crippen LogP contribution in [0, 0.1) is 0 Å². The summed E-state index contributed by atoms with van der Waals surface area (Å²) >= 11 is 0. The van der Waals surface area contributed by atoms with Crippen LogP contribution in [0.2, 0.25) is 0 Å². The van der Waals surface area contributed by atoms with E-state index in [-0.39, 0.29) is 12.5 Å². The van der Waals surface area contributed by atoms with E-state index in [0.717, 1.165) is 0 Å². The minimum atomic E-state index is -1.01. The van der Waals surface area contributed by atoms with Crippen LogP contribution in [-0.4, -0.2) is 54.3 Å². The summed E-state index contributed by atoms with van der Waals surface area (Å²) in [4.78, 5) is 24.4. The fraction of sp³-hybridized carbons (Fsp3) is 0.429. The Morgan fingerprint density at radius 3 is 2.60 bits per heavy atom. The number of aliphatic carboxylic acids is 1. The first-order chi connectivity index (χ1) is 9.45. The number of amides is 1. The molecule has 2 rings (SSSR count). The molecule has 0 atom stereocenters. The second-order valence-electron chi connectivity index (χ2n) is 4.99. The summed E-state index contributed by atoms with van der Waals surface area (Å²) in [6, 6.07) is 7.00. The van der Waals surface area contributed by atoms with Gasteiger partial charge >= 0.3 is 5.97 Å². The van der Waals surface area contributed by atoms with Crippen molar-refractivity contribution in [1.29, 1.82) is 0 Å². The highest BCUT2D eigenvalue weighted by Crippen LogP contribution is 2.28. The van der Waals surface area contributed by atoms with Crippen LogP contribution < -0.4 is 4.74 Å². The van der Waals surface area contributed by atoms with Crippen molar-refractivity contribution in [3.63, 3.8) is 0 Å². The van der Waals surface area contributed by atoms with Crippen LogP contribution in [0.3, 0.4) is 0 Å². The van der Waals surface area contributed by atoms with E-state index in [4.69, 9.17) is 14.6 Å². The molecule has 0 aliphatic carbocycles. The summed E-state index contributed by atoms with van der Waals surface area (Å²) in [5.41, 5.74) is -0.0916. The van der Waals surface area contributed by atoms with E-state index in [1.54, 1.807) is 36.1 Å². The second-order valence-corrected chi connectivity index (χ2v) is 4.99. The number of benzene rings is 1. The van der Waals surface area contributed by atoms with Gasteiger partial charge in [0.1, 0.15) is 18.0 Å². The van der Waals surface area contributed by atoms with Gasteiger partial charge < -0.3 is 19.5 Å². The molecule has 108 valence electrons. The van der Waals surface area contributed by atoms with Crippen LogP contribution in [0.25, 0.3) is 0 Å². The molecule has 20 heavy (non-hydrogen) atoms. The zero-order valence-electron chi connectivity index (χ0n) is 11.5. The number of nitrogens with zero attached hydrogens (tertiary/aromatic N) is 1. The highest BCUT2D eigenvalue weighted by Gasteiger charge is 2.43. The van der Waals surface area contributed by atoms with Crippen molar-refractivity contribution < 1.29 is 24.2 Å². The third-order valence-electron chi connectivity index (χ3n) is 3.22. The largest absolute Gasteiger partial charge is 0.496 e. The Labute approximate surface area is 116 Å². The van der Waals surface area contributed by atoms with Gasteiger partial charge in [-0.25, -0.2) is 4.79 Å². The predicted molar refractivity (Wildman–Crippen MR) is 70.9 cm³/mol. The summed E-state index contributed by atoms with van der Waals surface area (Å²) in [5, 5.41) is 8.60. The topological polar surface area (TPSA) is 76.1 Å². The molecule has 1 fully saturated rings. The van der Waals surface area contributed by atoms with Crippen LogP contribution in [0.15, 0.2) is 24.3 Å². The van der Waals surface area contributed by atoms with Gasteiger partial charge in [0, 0.05) is 0 Å². The average molecular weight is 279 g/mol. The highest BCUT2D eigenvalue weighted by molar-refractivity contribution is 5.97. The molecular weight excluding hydrogens is 262 g/mol. The lowest BCUT2D eigenvalue weighted by molar-refractivity contribution is -0.159. The average Bonchev–Trinajstić information content (AvgIpc) is 2.41. The molecule has 1 amide bonds. The molecule has 1 aromatic rings. The number of likely N-dealkylation sites (tertiary alicyclic amines) is 1. The van der Waals surface area contributed by atoms with Crippen molar-refractivity contribution in [3.8, 4) is 5.75 Å². The van der Waals surface area contributed by atoms with E-state index in [1.807, 2.05) is 0 Å². The molecule has 0 radical (unpaired) electrons. The lowest BCUT2D eigenvalue weighted by Crippen LogP contribution is -2.63. The smallest absolute Gasteiger partial charge is 0.329 e. The van der Waals surface area contributed by atoms with Gasteiger partial charge in [0.25, 0.3) is 5.91 Å². The van der Waals surface area contributed by atoms with Crippen molar-refractivity contribution in [2.75, 3.05) is 26.8 Å². The molecule has 0 saturated carbocycles. The SMILES string of the molecule is COc1ccccc1C(=O)N1CC(C)(OCC(=O)O)C1. The number of para-hydroxylation sites is 1. The van der Waals surface area contributed by atoms with Gasteiger partial charge in [0.05, 0.1) is 25.8 Å². The Hall–Kier alpha value is -2.08. The van der Waals surface area contributed by atoms with Gasteiger partial charge in [-0.1, -0.05) is 12.1 Å². The summed E-state index contributed by atoms with van der Waals surface area (Å²) in [6.45, 7) is 2.18. The van der Waals surface area contributed by atoms with Gasteiger partial charge in [-0.05, 0) is 19.1 Å². The number of hydrogen-bond acceptors (Lipinski definition) is 4. The molecule has 1 heterocycles. The van der Waals surface area contributed by atoms with Crippen molar-refractivity contribution in [1.82, 2.24) is 4.90 Å². The monoisotopic (exact) mass is 279 g/mol. The fourth-order valence-electron chi connectivity index (χ4n) is 2.22. The summed E-state index contributed by atoms with van der Waals surface area (Å²) < 4.78 is 10.4. The van der Waals surface area contributed by atoms with Crippen LogP contribution in [0.5, 0.6) is 5.75 Å². The number of rotatable bonds is 5. The molecule has 1 aromatic carbocycles. The maximum absolute atomic E-state index is 12.3. The van der Waals surface area contributed by atoms with Gasteiger partial charge in [-0.15, -0.1) is 0 Å². The van der Waals surface area contributed by atoms with Crippen LogP contribution in [-0.2, 0) is 9.53 Å². The van der Waals surface area contributed by atoms with Crippen molar-refractivity contribution in [2.45, 2.75) is 12.5 Å². The van der Waals surface area contributed by atoms with E-state index in [9.17, 15) is 9.59 Å². The van der Waals surface area contributed by atoms with E-state index >= 15 is 0 Å². The van der Waals surface area contributed by atoms with E-state index in [1.165, 1.54) is 7.11 Å². The molecule has 0 unspecified atom stereocenters. The third kappa shape index (κ3) is 2.91. The second kappa shape index (κ2) is 5.50. The molecule has 0 aromatic heterocycles. The maximum Gasteiger partial charge on any atom is 0.329 e. The first kappa shape index (κ1) is 14.3. The molecular formula is C14H17NO5. The lowest BCUT2D eigenvalue weighted by atomic mass is 9.95. The molecule has 1 aliphatic heterocycles. The minimum absolute atomic E-state index is 0.140. The number of carboxylic acid groups (broad SMARTS) is 1. The van der Waals surface area contributed by atoms with Crippen molar-refractivity contribution in [2.24, 2.45) is 0 Å². The molecule has 1 saturated heterocycles. The quantitative estimate of drug-likeness (QED) is 0.870. The Bertz CT molecular complexity index is 522. The summed E-state index contributed by atoms with van der Waals surface area (Å²) in [5.74, 6) is -0.628. The standard InChI is InChI=1S/C14H17NO5/c1-14(20-7-12(16)17)8-15(9-14)13(18)10-5-3-4-6-11(10)19-2/h3-6H,7-9H2,1-2H3,(H,16,17). The number of carboxylic acids is 1. The zero-order chi connectivity index (χ0) is 14.8. The molecule has 0 bridgehead atoms. The number of carbonyl (C=O) groups is 2. The van der Waals surface area contributed by atoms with Crippen LogP contribution in [0.4, 0.5) is 0 Å². The predicted octanol–water partition coefficient (Wildman–Crippen LogP) is 1.01. The third-order valence-corrected chi connectivity index (χ3v) is 3.22. The number of methoxy groups -OCH3 is 1. The first-order valence-corrected chi connectivity index (χ1v) is 6.23. The van der Waals surface area contributed by atoms with Crippen molar-refractivity contribution in [3.05, 3.63) is 29.8 Å². The first-order valence-electron chi connectivity index (χ1n) is 6.23. The molecule has 0 spiro atoms. The normalized spacial score (nSPS) is 16.4. The molecule has 1 aliphatic rings. The maximum atomic E-state index is 12.3. The molecule has 6 heteroatoms. The zero-order valence-corrected chi connectivity index (χ0v) is 11.5. The van der Waals surface area contributed by atoms with Gasteiger partial charge in [-0.3, -0.25) is 4.79 Å². The Balaban J connectivity index is 1.98. The Kier molecular flexibility index (Phi) is 3.94.